The van der Waals surface area contributed by atoms with Gasteiger partial charge in [-0.1, -0.05) is 53.9 Å². The highest BCUT2D eigenvalue weighted by Gasteiger charge is 2.18. The second-order valence-corrected chi connectivity index (χ2v) is 8.63. The Bertz CT molecular complexity index is 1120. The van der Waals surface area contributed by atoms with Crippen molar-refractivity contribution in [3.05, 3.63) is 88.9 Å². The fourth-order valence-corrected chi connectivity index (χ4v) is 4.06. The molecule has 5 heteroatoms. The quantitative estimate of drug-likeness (QED) is 0.505. The summed E-state index contributed by atoms with van der Waals surface area (Å²) in [6.45, 7) is 3.01. The van der Waals surface area contributed by atoms with Gasteiger partial charge in [0.25, 0.3) is 0 Å². The molecule has 1 aliphatic rings. The lowest BCUT2D eigenvalue weighted by Crippen LogP contribution is -2.36. The number of likely N-dealkylation sites (tertiary alicyclic amines) is 1. The van der Waals surface area contributed by atoms with Gasteiger partial charge in [0.05, 0.1) is 6.10 Å². The SMILES string of the molecule is COC1CCN(Cc2ccc(NC(=O)C#Cc3ccc(-c4ccc(Cl)cc4)cc3)cc2)CC1. The normalized spacial score (nSPS) is 14.4. The van der Waals surface area contributed by atoms with Crippen LogP contribution in [0.5, 0.6) is 0 Å². The van der Waals surface area contributed by atoms with Crippen LogP contribution in [0.25, 0.3) is 11.1 Å². The van der Waals surface area contributed by atoms with Gasteiger partial charge in [0, 0.05) is 48.9 Å². The first-order chi connectivity index (χ1) is 16.1. The maximum atomic E-state index is 12.2. The van der Waals surface area contributed by atoms with E-state index in [9.17, 15) is 4.79 Å². The number of benzene rings is 3. The Labute approximate surface area is 200 Å². The lowest BCUT2D eigenvalue weighted by molar-refractivity contribution is -0.111. The van der Waals surface area contributed by atoms with Gasteiger partial charge < -0.3 is 10.1 Å². The van der Waals surface area contributed by atoms with E-state index in [1.54, 1.807) is 7.11 Å². The van der Waals surface area contributed by atoms with Crippen LogP contribution in [0.15, 0.2) is 72.8 Å². The number of rotatable bonds is 5. The zero-order valence-corrected chi connectivity index (χ0v) is 19.4. The van der Waals surface area contributed by atoms with Crippen molar-refractivity contribution in [2.75, 3.05) is 25.5 Å². The fourth-order valence-electron chi connectivity index (χ4n) is 3.93. The van der Waals surface area contributed by atoms with Crippen LogP contribution in [0.4, 0.5) is 5.69 Å². The minimum Gasteiger partial charge on any atom is -0.381 e. The van der Waals surface area contributed by atoms with Gasteiger partial charge in [-0.2, -0.15) is 0 Å². The number of nitrogens with zero attached hydrogens (tertiary/aromatic N) is 1. The highest BCUT2D eigenvalue weighted by atomic mass is 35.5. The number of methoxy groups -OCH3 is 1. The van der Waals surface area contributed by atoms with Gasteiger partial charge in [-0.05, 0) is 65.9 Å². The number of hydrogen-bond acceptors (Lipinski definition) is 3. The Kier molecular flexibility index (Phi) is 7.80. The number of carbonyl (C=O) groups excluding carboxylic acids is 1. The molecule has 1 N–H and O–H groups in total. The molecule has 0 atom stereocenters. The number of ether oxygens (including phenoxy) is 1. The van der Waals surface area contributed by atoms with Crippen molar-refractivity contribution in [1.29, 1.82) is 0 Å². The third kappa shape index (κ3) is 6.69. The minimum atomic E-state index is -0.328. The summed E-state index contributed by atoms with van der Waals surface area (Å²) < 4.78 is 5.44. The fraction of sp³-hybridized carbons (Fsp3) is 0.250. The molecule has 33 heavy (non-hydrogen) atoms. The molecular weight excluding hydrogens is 432 g/mol. The number of amides is 1. The topological polar surface area (TPSA) is 41.6 Å². The molecule has 1 heterocycles. The third-order valence-corrected chi connectivity index (χ3v) is 6.12. The number of carbonyl (C=O) groups is 1. The van der Waals surface area contributed by atoms with Crippen LogP contribution >= 0.6 is 11.6 Å². The smallest absolute Gasteiger partial charge is 0.300 e. The van der Waals surface area contributed by atoms with Gasteiger partial charge in [0.15, 0.2) is 0 Å². The molecule has 0 aliphatic carbocycles. The number of halogens is 1. The van der Waals surface area contributed by atoms with Crippen LogP contribution in [0.2, 0.25) is 5.02 Å². The largest absolute Gasteiger partial charge is 0.381 e. The molecule has 0 radical (unpaired) electrons. The Morgan fingerprint density at radius 1 is 0.970 bits per heavy atom. The van der Waals surface area contributed by atoms with Crippen molar-refractivity contribution >= 4 is 23.2 Å². The predicted molar refractivity (Wildman–Crippen MR) is 134 cm³/mol. The molecule has 0 unspecified atom stereocenters. The zero-order chi connectivity index (χ0) is 23.0. The van der Waals surface area contributed by atoms with Crippen molar-refractivity contribution in [1.82, 2.24) is 4.90 Å². The number of anilines is 1. The maximum Gasteiger partial charge on any atom is 0.300 e. The predicted octanol–water partition coefficient (Wildman–Crippen LogP) is 5.61. The lowest BCUT2D eigenvalue weighted by atomic mass is 10.0. The molecule has 1 saturated heterocycles. The van der Waals surface area contributed by atoms with Crippen LogP contribution in [0, 0.1) is 11.8 Å². The Morgan fingerprint density at radius 2 is 1.58 bits per heavy atom. The van der Waals surface area contributed by atoms with Crippen molar-refractivity contribution in [2.45, 2.75) is 25.5 Å². The van der Waals surface area contributed by atoms with E-state index in [2.05, 4.69) is 34.2 Å². The summed E-state index contributed by atoms with van der Waals surface area (Å²) in [4.78, 5) is 14.7. The van der Waals surface area contributed by atoms with Crippen LogP contribution in [0.1, 0.15) is 24.0 Å². The maximum absolute atomic E-state index is 12.2. The second-order valence-electron chi connectivity index (χ2n) is 8.20. The summed E-state index contributed by atoms with van der Waals surface area (Å²) >= 11 is 5.95. The van der Waals surface area contributed by atoms with Gasteiger partial charge >= 0.3 is 5.91 Å². The lowest BCUT2D eigenvalue weighted by Gasteiger charge is -2.31. The number of nitrogens with one attached hydrogen (secondary N) is 1. The van der Waals surface area contributed by atoms with Gasteiger partial charge in [0.2, 0.25) is 0 Å². The van der Waals surface area contributed by atoms with Crippen LogP contribution in [-0.4, -0.2) is 37.1 Å². The van der Waals surface area contributed by atoms with Gasteiger partial charge in [0.1, 0.15) is 0 Å². The molecule has 3 aromatic rings. The average molecular weight is 459 g/mol. The molecule has 0 saturated carbocycles. The molecule has 0 aromatic heterocycles. The second kappa shape index (κ2) is 11.2. The molecule has 4 nitrogen and oxygen atoms in total. The summed E-state index contributed by atoms with van der Waals surface area (Å²) in [5.74, 6) is 5.27. The first kappa shape index (κ1) is 23.1. The van der Waals surface area contributed by atoms with Crippen LogP contribution in [0.3, 0.4) is 0 Å². The summed E-state index contributed by atoms with van der Waals surface area (Å²) in [5.41, 5.74) is 4.92. The van der Waals surface area contributed by atoms with Crippen molar-refractivity contribution in [2.24, 2.45) is 0 Å². The summed E-state index contributed by atoms with van der Waals surface area (Å²) in [7, 11) is 1.79. The van der Waals surface area contributed by atoms with E-state index in [0.717, 1.165) is 54.9 Å². The van der Waals surface area contributed by atoms with E-state index in [0.29, 0.717) is 11.1 Å². The summed E-state index contributed by atoms with van der Waals surface area (Å²) in [5, 5.41) is 3.56. The Morgan fingerprint density at radius 3 is 2.18 bits per heavy atom. The van der Waals surface area contributed by atoms with E-state index in [1.165, 1.54) is 5.56 Å². The monoisotopic (exact) mass is 458 g/mol. The van der Waals surface area contributed by atoms with Gasteiger partial charge in [-0.15, -0.1) is 0 Å². The standard InChI is InChI=1S/C28H27ClN2O2/c1-33-27-16-18-31(19-17-27)20-22-4-13-26(14-5-22)30-28(32)15-6-21-2-7-23(8-3-21)24-9-11-25(29)12-10-24/h2-5,7-14,27H,16-20H2,1H3,(H,30,32). The first-order valence-electron chi connectivity index (χ1n) is 11.1. The van der Waals surface area contributed by atoms with E-state index in [1.807, 2.05) is 60.7 Å². The molecule has 1 aliphatic heterocycles. The molecule has 1 amide bonds. The average Bonchev–Trinajstić information content (AvgIpc) is 2.85. The van der Waals surface area contributed by atoms with E-state index in [-0.39, 0.29) is 5.91 Å². The summed E-state index contributed by atoms with van der Waals surface area (Å²) in [6.07, 6.45) is 2.54. The van der Waals surface area contributed by atoms with Crippen molar-refractivity contribution in [3.63, 3.8) is 0 Å². The van der Waals surface area contributed by atoms with Gasteiger partial charge in [-0.3, -0.25) is 9.69 Å². The first-order valence-corrected chi connectivity index (χ1v) is 11.5. The van der Waals surface area contributed by atoms with E-state index < -0.39 is 0 Å². The third-order valence-electron chi connectivity index (χ3n) is 5.87. The van der Waals surface area contributed by atoms with Crippen molar-refractivity contribution in [3.8, 4) is 23.0 Å². The molecule has 3 aromatic carbocycles. The number of piperidine rings is 1. The van der Waals surface area contributed by atoms with Crippen molar-refractivity contribution < 1.29 is 9.53 Å². The van der Waals surface area contributed by atoms with Crippen LogP contribution < -0.4 is 5.32 Å². The molecule has 1 fully saturated rings. The summed E-state index contributed by atoms with van der Waals surface area (Å²) in [6, 6.07) is 23.5. The van der Waals surface area contributed by atoms with Gasteiger partial charge in [-0.25, -0.2) is 0 Å². The number of hydrogen-bond donors (Lipinski definition) is 1. The Hall–Kier alpha value is -3.10. The molecule has 168 valence electrons. The zero-order valence-electron chi connectivity index (χ0n) is 18.7. The molecule has 4 rings (SSSR count). The van der Waals surface area contributed by atoms with Crippen LogP contribution in [-0.2, 0) is 16.1 Å². The highest BCUT2D eigenvalue weighted by molar-refractivity contribution is 6.30. The molecular formula is C28H27ClN2O2. The minimum absolute atomic E-state index is 0.328. The van der Waals surface area contributed by atoms with E-state index >= 15 is 0 Å². The van der Waals surface area contributed by atoms with E-state index in [4.69, 9.17) is 16.3 Å². The highest BCUT2D eigenvalue weighted by Crippen LogP contribution is 2.22. The Balaban J connectivity index is 1.29. The molecule has 0 bridgehead atoms. The molecule has 0 spiro atoms.